The Labute approximate surface area is 119 Å². The van der Waals surface area contributed by atoms with Crippen molar-refractivity contribution in [1.29, 1.82) is 0 Å². The van der Waals surface area contributed by atoms with E-state index < -0.39 is 0 Å². The molecule has 0 unspecified atom stereocenters. The molecule has 2 aromatic rings. The molecule has 0 spiro atoms. The molecular weight excluding hydrogens is 252 g/mol. The van der Waals surface area contributed by atoms with Gasteiger partial charge in [0.2, 0.25) is 0 Å². The van der Waals surface area contributed by atoms with Crippen LogP contribution in [0.1, 0.15) is 30.7 Å². The van der Waals surface area contributed by atoms with Crippen molar-refractivity contribution in [3.05, 3.63) is 35.7 Å². The third-order valence-corrected chi connectivity index (χ3v) is 2.68. The summed E-state index contributed by atoms with van der Waals surface area (Å²) >= 11 is 0. The Hall–Kier alpha value is -2.24. The lowest BCUT2D eigenvalue weighted by Crippen LogP contribution is -2.08. The molecule has 0 fully saturated rings. The Morgan fingerprint density at radius 1 is 1.00 bits per heavy atom. The maximum atomic E-state index is 4.37. The van der Waals surface area contributed by atoms with Crippen molar-refractivity contribution in [1.82, 2.24) is 19.9 Å². The van der Waals surface area contributed by atoms with E-state index >= 15 is 0 Å². The summed E-state index contributed by atoms with van der Waals surface area (Å²) in [6, 6.07) is 3.81. The second-order valence-corrected chi connectivity index (χ2v) is 4.56. The van der Waals surface area contributed by atoms with Crippen molar-refractivity contribution in [3.63, 3.8) is 0 Å². The number of nitrogens with zero attached hydrogens (tertiary/aromatic N) is 4. The average molecular weight is 272 g/mol. The smallest absolute Gasteiger partial charge is 0.132 e. The Morgan fingerprint density at radius 3 is 2.45 bits per heavy atom. The van der Waals surface area contributed by atoms with Crippen LogP contribution in [-0.4, -0.2) is 26.5 Å². The normalized spacial score (nSPS) is 10.3. The first kappa shape index (κ1) is 14.2. The van der Waals surface area contributed by atoms with E-state index in [1.165, 1.54) is 0 Å². The van der Waals surface area contributed by atoms with Crippen molar-refractivity contribution in [3.8, 4) is 0 Å². The van der Waals surface area contributed by atoms with Crippen LogP contribution >= 0.6 is 0 Å². The van der Waals surface area contributed by atoms with Gasteiger partial charge in [-0.1, -0.05) is 6.92 Å². The summed E-state index contributed by atoms with van der Waals surface area (Å²) in [6.45, 7) is 7.41. The summed E-state index contributed by atoms with van der Waals surface area (Å²) in [4.78, 5) is 17.2. The van der Waals surface area contributed by atoms with Crippen molar-refractivity contribution < 1.29 is 0 Å². The zero-order chi connectivity index (χ0) is 14.4. The predicted molar refractivity (Wildman–Crippen MR) is 79.6 cm³/mol. The van der Waals surface area contributed by atoms with Gasteiger partial charge in [0.05, 0.1) is 12.2 Å². The molecule has 0 aliphatic heterocycles. The van der Waals surface area contributed by atoms with Gasteiger partial charge in [-0.25, -0.2) is 19.9 Å². The highest BCUT2D eigenvalue weighted by Gasteiger charge is 2.02. The van der Waals surface area contributed by atoms with E-state index in [4.69, 9.17) is 0 Å². The Bertz CT molecular complexity index is 569. The van der Waals surface area contributed by atoms with E-state index in [1.807, 2.05) is 26.0 Å². The molecule has 2 aromatic heterocycles. The highest BCUT2D eigenvalue weighted by Crippen LogP contribution is 2.12. The van der Waals surface area contributed by atoms with Gasteiger partial charge >= 0.3 is 0 Å². The van der Waals surface area contributed by atoms with Crippen LogP contribution in [0.2, 0.25) is 0 Å². The van der Waals surface area contributed by atoms with Gasteiger partial charge in [-0.2, -0.15) is 0 Å². The molecule has 20 heavy (non-hydrogen) atoms. The first-order valence-electron chi connectivity index (χ1n) is 6.79. The molecule has 0 radical (unpaired) electrons. The van der Waals surface area contributed by atoms with Gasteiger partial charge in [0.1, 0.15) is 23.3 Å². The zero-order valence-corrected chi connectivity index (χ0v) is 12.1. The predicted octanol–water partition coefficient (Wildman–Crippen LogP) is 2.32. The van der Waals surface area contributed by atoms with Crippen molar-refractivity contribution in [2.45, 2.75) is 33.7 Å². The fourth-order valence-electron chi connectivity index (χ4n) is 1.79. The van der Waals surface area contributed by atoms with Gasteiger partial charge < -0.3 is 10.6 Å². The van der Waals surface area contributed by atoms with Crippen LogP contribution in [0.3, 0.4) is 0 Å². The van der Waals surface area contributed by atoms with Crippen molar-refractivity contribution >= 4 is 11.6 Å². The standard InChI is InChI=1S/C14H20N6/c1-4-6-16-13-8-14(20-11(3)19-13)17-9-12-5-7-15-10(2)18-12/h5,7-8H,4,6,9H2,1-3H3,(H2,16,17,19,20). The summed E-state index contributed by atoms with van der Waals surface area (Å²) in [7, 11) is 0. The van der Waals surface area contributed by atoms with E-state index in [1.54, 1.807) is 6.20 Å². The lowest BCUT2D eigenvalue weighted by Gasteiger charge is -2.09. The summed E-state index contributed by atoms with van der Waals surface area (Å²) in [5, 5.41) is 6.53. The van der Waals surface area contributed by atoms with Crippen LogP contribution in [0.4, 0.5) is 11.6 Å². The molecule has 0 aliphatic carbocycles. The SMILES string of the molecule is CCCNc1cc(NCc2ccnc(C)n2)nc(C)n1. The monoisotopic (exact) mass is 272 g/mol. The lowest BCUT2D eigenvalue weighted by molar-refractivity contribution is 0.933. The minimum Gasteiger partial charge on any atom is -0.370 e. The van der Waals surface area contributed by atoms with Gasteiger partial charge in [-0.05, 0) is 26.3 Å². The van der Waals surface area contributed by atoms with E-state index in [0.717, 1.165) is 41.9 Å². The highest BCUT2D eigenvalue weighted by atomic mass is 15.1. The third kappa shape index (κ3) is 4.15. The molecule has 0 aliphatic rings. The number of aromatic nitrogens is 4. The molecule has 6 nitrogen and oxygen atoms in total. The maximum absolute atomic E-state index is 4.37. The number of hydrogen-bond donors (Lipinski definition) is 2. The first-order chi connectivity index (χ1) is 9.67. The van der Waals surface area contributed by atoms with Crippen LogP contribution in [0.5, 0.6) is 0 Å². The molecule has 0 bridgehead atoms. The molecule has 0 saturated carbocycles. The lowest BCUT2D eigenvalue weighted by atomic mass is 10.4. The number of rotatable bonds is 6. The van der Waals surface area contributed by atoms with Crippen molar-refractivity contribution in [2.24, 2.45) is 0 Å². The summed E-state index contributed by atoms with van der Waals surface area (Å²) < 4.78 is 0. The fourth-order valence-corrected chi connectivity index (χ4v) is 1.79. The minimum absolute atomic E-state index is 0.618. The molecule has 0 amide bonds. The zero-order valence-electron chi connectivity index (χ0n) is 12.1. The Kier molecular flexibility index (Phi) is 4.81. The van der Waals surface area contributed by atoms with E-state index in [9.17, 15) is 0 Å². The number of anilines is 2. The molecule has 0 aromatic carbocycles. The average Bonchev–Trinajstić information content (AvgIpc) is 2.42. The van der Waals surface area contributed by atoms with Crippen LogP contribution < -0.4 is 10.6 Å². The number of aryl methyl sites for hydroxylation is 2. The molecule has 0 atom stereocenters. The fraction of sp³-hybridized carbons (Fsp3) is 0.429. The van der Waals surface area contributed by atoms with Crippen LogP contribution in [0.15, 0.2) is 18.3 Å². The molecule has 2 heterocycles. The second-order valence-electron chi connectivity index (χ2n) is 4.56. The largest absolute Gasteiger partial charge is 0.370 e. The van der Waals surface area contributed by atoms with E-state index in [0.29, 0.717) is 6.54 Å². The molecule has 2 rings (SSSR count). The summed E-state index contributed by atoms with van der Waals surface area (Å²) in [5.74, 6) is 3.16. The van der Waals surface area contributed by atoms with Crippen molar-refractivity contribution in [2.75, 3.05) is 17.2 Å². The number of hydrogen-bond acceptors (Lipinski definition) is 6. The van der Waals surface area contributed by atoms with Gasteiger partial charge in [-0.3, -0.25) is 0 Å². The maximum Gasteiger partial charge on any atom is 0.132 e. The molecule has 0 saturated heterocycles. The first-order valence-corrected chi connectivity index (χ1v) is 6.79. The molecular formula is C14H20N6. The highest BCUT2D eigenvalue weighted by molar-refractivity contribution is 5.47. The number of nitrogens with one attached hydrogen (secondary N) is 2. The van der Waals surface area contributed by atoms with Crippen LogP contribution in [-0.2, 0) is 6.54 Å². The summed E-state index contributed by atoms with van der Waals surface area (Å²) in [6.07, 6.45) is 2.82. The van der Waals surface area contributed by atoms with Crippen LogP contribution in [0, 0.1) is 13.8 Å². The third-order valence-electron chi connectivity index (χ3n) is 2.68. The van der Waals surface area contributed by atoms with Gasteiger partial charge in [0.25, 0.3) is 0 Å². The van der Waals surface area contributed by atoms with Gasteiger partial charge in [0, 0.05) is 18.8 Å². The topological polar surface area (TPSA) is 75.6 Å². The Balaban J connectivity index is 2.03. The minimum atomic E-state index is 0.618. The second kappa shape index (κ2) is 6.79. The van der Waals surface area contributed by atoms with Gasteiger partial charge in [0.15, 0.2) is 0 Å². The van der Waals surface area contributed by atoms with E-state index in [-0.39, 0.29) is 0 Å². The molecule has 6 heteroatoms. The summed E-state index contributed by atoms with van der Waals surface area (Å²) in [5.41, 5.74) is 0.942. The van der Waals surface area contributed by atoms with Crippen LogP contribution in [0.25, 0.3) is 0 Å². The molecule has 106 valence electrons. The Morgan fingerprint density at radius 2 is 1.75 bits per heavy atom. The quantitative estimate of drug-likeness (QED) is 0.840. The van der Waals surface area contributed by atoms with Gasteiger partial charge in [-0.15, -0.1) is 0 Å². The van der Waals surface area contributed by atoms with E-state index in [2.05, 4.69) is 37.5 Å². The molecule has 2 N–H and O–H groups in total.